The zero-order valence-corrected chi connectivity index (χ0v) is 10.3. The highest BCUT2D eigenvalue weighted by Crippen LogP contribution is 2.08. The Morgan fingerprint density at radius 2 is 1.73 bits per heavy atom. The second-order valence-corrected chi connectivity index (χ2v) is 4.66. The molecule has 3 nitrogen and oxygen atoms in total. The van der Waals surface area contributed by atoms with Crippen LogP contribution in [0.25, 0.3) is 0 Å². The maximum atomic E-state index is 11.2. The van der Waals surface area contributed by atoms with Crippen LogP contribution in [0.15, 0.2) is 12.2 Å². The summed E-state index contributed by atoms with van der Waals surface area (Å²) in [4.78, 5) is 11.2. The molecule has 0 aromatic rings. The Labute approximate surface area is 92.5 Å². The van der Waals surface area contributed by atoms with Crippen molar-refractivity contribution < 1.29 is 14.3 Å². The number of carbonyl (C=O) groups is 1. The van der Waals surface area contributed by atoms with Crippen molar-refractivity contribution in [3.8, 4) is 0 Å². The normalized spacial score (nSPS) is 11.2. The van der Waals surface area contributed by atoms with Crippen LogP contribution in [0.3, 0.4) is 0 Å². The molecule has 0 N–H and O–H groups in total. The number of carbonyl (C=O) groups excluding carboxylic acids is 1. The highest BCUT2D eigenvalue weighted by Gasteiger charge is 2.15. The quantitative estimate of drug-likeness (QED) is 0.387. The minimum Gasteiger partial charge on any atom is -0.460 e. The van der Waals surface area contributed by atoms with Crippen LogP contribution in [0.1, 0.15) is 40.5 Å². The van der Waals surface area contributed by atoms with Gasteiger partial charge in [-0.3, -0.25) is 4.79 Å². The van der Waals surface area contributed by atoms with Gasteiger partial charge in [0.1, 0.15) is 5.60 Å². The van der Waals surface area contributed by atoms with E-state index in [9.17, 15) is 4.79 Å². The van der Waals surface area contributed by atoms with E-state index in [0.29, 0.717) is 19.6 Å². The highest BCUT2D eigenvalue weighted by atomic mass is 16.6. The maximum absolute atomic E-state index is 11.2. The molecule has 0 rings (SSSR count). The molecule has 0 radical (unpaired) electrons. The average Bonchev–Trinajstić information content (AvgIpc) is 1.99. The molecule has 0 saturated carbocycles. The van der Waals surface area contributed by atoms with Crippen molar-refractivity contribution in [2.75, 3.05) is 13.2 Å². The van der Waals surface area contributed by atoms with Crippen molar-refractivity contribution >= 4 is 5.97 Å². The monoisotopic (exact) mass is 214 g/mol. The Hall–Kier alpha value is -0.830. The number of hydrogen-bond donors (Lipinski definition) is 0. The molecule has 0 amide bonds. The van der Waals surface area contributed by atoms with Crippen molar-refractivity contribution in [2.45, 2.75) is 46.1 Å². The van der Waals surface area contributed by atoms with Crippen molar-refractivity contribution in [1.82, 2.24) is 0 Å². The number of esters is 1. The molecular weight excluding hydrogens is 192 g/mol. The van der Waals surface area contributed by atoms with E-state index in [1.54, 1.807) is 0 Å². The molecule has 15 heavy (non-hydrogen) atoms. The summed E-state index contributed by atoms with van der Waals surface area (Å²) in [5.41, 5.74) is 0.682. The predicted octanol–water partition coefficient (Wildman–Crippen LogP) is 2.70. The SMILES string of the molecule is C=C(C)CCOCCC(=O)OC(C)(C)C. The lowest BCUT2D eigenvalue weighted by atomic mass is 10.2. The van der Waals surface area contributed by atoms with Gasteiger partial charge in [0, 0.05) is 0 Å². The molecule has 0 spiro atoms. The van der Waals surface area contributed by atoms with E-state index in [1.165, 1.54) is 0 Å². The minimum atomic E-state index is -0.408. The van der Waals surface area contributed by atoms with Gasteiger partial charge < -0.3 is 9.47 Å². The maximum Gasteiger partial charge on any atom is 0.308 e. The molecule has 0 aliphatic rings. The average molecular weight is 214 g/mol. The van der Waals surface area contributed by atoms with E-state index in [-0.39, 0.29) is 5.97 Å². The van der Waals surface area contributed by atoms with Crippen LogP contribution in [0, 0.1) is 0 Å². The molecule has 0 atom stereocenters. The molecule has 0 aromatic carbocycles. The van der Waals surface area contributed by atoms with Gasteiger partial charge in [-0.05, 0) is 34.1 Å². The Balaban J connectivity index is 3.44. The summed E-state index contributed by atoms with van der Waals surface area (Å²) in [6.45, 7) is 12.3. The smallest absolute Gasteiger partial charge is 0.308 e. The summed E-state index contributed by atoms with van der Waals surface area (Å²) in [6, 6.07) is 0. The molecular formula is C12H22O3. The first-order chi connectivity index (χ1) is 6.81. The largest absolute Gasteiger partial charge is 0.460 e. The Bertz CT molecular complexity index is 213. The summed E-state index contributed by atoms with van der Waals surface area (Å²) in [6.07, 6.45) is 1.15. The Morgan fingerprint density at radius 1 is 1.20 bits per heavy atom. The zero-order valence-electron chi connectivity index (χ0n) is 10.3. The number of ether oxygens (including phenoxy) is 2. The summed E-state index contributed by atoms with van der Waals surface area (Å²) in [7, 11) is 0. The third-order valence-electron chi connectivity index (χ3n) is 1.54. The van der Waals surface area contributed by atoms with Crippen LogP contribution in [0.5, 0.6) is 0 Å². The molecule has 0 fully saturated rings. The summed E-state index contributed by atoms with van der Waals surface area (Å²) in [5.74, 6) is -0.210. The first-order valence-corrected chi connectivity index (χ1v) is 5.25. The topological polar surface area (TPSA) is 35.5 Å². The molecule has 0 aromatic heterocycles. The molecule has 0 bridgehead atoms. The van der Waals surface area contributed by atoms with Crippen LogP contribution < -0.4 is 0 Å². The van der Waals surface area contributed by atoms with Gasteiger partial charge in [-0.15, -0.1) is 6.58 Å². The number of hydrogen-bond acceptors (Lipinski definition) is 3. The summed E-state index contributed by atoms with van der Waals surface area (Å²) in [5, 5.41) is 0. The van der Waals surface area contributed by atoms with E-state index in [1.807, 2.05) is 27.7 Å². The van der Waals surface area contributed by atoms with Crippen LogP contribution >= 0.6 is 0 Å². The van der Waals surface area contributed by atoms with E-state index < -0.39 is 5.60 Å². The highest BCUT2D eigenvalue weighted by molar-refractivity contribution is 5.69. The number of rotatable bonds is 6. The summed E-state index contributed by atoms with van der Waals surface area (Å²) < 4.78 is 10.4. The lowest BCUT2D eigenvalue weighted by molar-refractivity contribution is -0.156. The molecule has 0 aliphatic heterocycles. The lowest BCUT2D eigenvalue weighted by Gasteiger charge is -2.19. The fraction of sp³-hybridized carbons (Fsp3) is 0.750. The molecule has 0 saturated heterocycles. The van der Waals surface area contributed by atoms with Crippen LogP contribution in [0.4, 0.5) is 0 Å². The minimum absolute atomic E-state index is 0.210. The van der Waals surface area contributed by atoms with Gasteiger partial charge >= 0.3 is 5.97 Å². The predicted molar refractivity (Wildman–Crippen MR) is 60.7 cm³/mol. The summed E-state index contributed by atoms with van der Waals surface area (Å²) >= 11 is 0. The molecule has 0 aliphatic carbocycles. The van der Waals surface area contributed by atoms with Crippen LogP contribution in [-0.2, 0) is 14.3 Å². The second kappa shape index (κ2) is 6.62. The third-order valence-corrected chi connectivity index (χ3v) is 1.54. The Kier molecular flexibility index (Phi) is 6.25. The standard InChI is InChI=1S/C12H22O3/c1-10(2)6-8-14-9-7-11(13)15-12(3,4)5/h1,6-9H2,2-5H3. The van der Waals surface area contributed by atoms with Crippen molar-refractivity contribution in [3.05, 3.63) is 12.2 Å². The van der Waals surface area contributed by atoms with E-state index >= 15 is 0 Å². The van der Waals surface area contributed by atoms with Crippen molar-refractivity contribution in [3.63, 3.8) is 0 Å². The van der Waals surface area contributed by atoms with E-state index in [2.05, 4.69) is 6.58 Å². The zero-order chi connectivity index (χ0) is 11.9. The first kappa shape index (κ1) is 14.2. The van der Waals surface area contributed by atoms with Gasteiger partial charge in [0.2, 0.25) is 0 Å². The van der Waals surface area contributed by atoms with Gasteiger partial charge in [0.05, 0.1) is 19.6 Å². The van der Waals surface area contributed by atoms with Gasteiger partial charge in [-0.2, -0.15) is 0 Å². The molecule has 0 unspecified atom stereocenters. The van der Waals surface area contributed by atoms with Gasteiger partial charge in [-0.1, -0.05) is 5.57 Å². The van der Waals surface area contributed by atoms with Gasteiger partial charge in [0.15, 0.2) is 0 Å². The van der Waals surface area contributed by atoms with Gasteiger partial charge in [-0.25, -0.2) is 0 Å². The lowest BCUT2D eigenvalue weighted by Crippen LogP contribution is -2.24. The van der Waals surface area contributed by atoms with Crippen molar-refractivity contribution in [2.24, 2.45) is 0 Å². The first-order valence-electron chi connectivity index (χ1n) is 5.25. The second-order valence-electron chi connectivity index (χ2n) is 4.66. The fourth-order valence-corrected chi connectivity index (χ4v) is 0.897. The van der Waals surface area contributed by atoms with Gasteiger partial charge in [0.25, 0.3) is 0 Å². The molecule has 0 heterocycles. The fourth-order valence-electron chi connectivity index (χ4n) is 0.897. The third kappa shape index (κ3) is 11.1. The van der Waals surface area contributed by atoms with E-state index in [4.69, 9.17) is 9.47 Å². The van der Waals surface area contributed by atoms with Crippen LogP contribution in [-0.4, -0.2) is 24.8 Å². The Morgan fingerprint density at radius 3 is 2.20 bits per heavy atom. The van der Waals surface area contributed by atoms with Crippen LogP contribution in [0.2, 0.25) is 0 Å². The van der Waals surface area contributed by atoms with Crippen molar-refractivity contribution in [1.29, 1.82) is 0 Å². The molecule has 88 valence electrons. The molecule has 3 heteroatoms. The van der Waals surface area contributed by atoms with E-state index in [0.717, 1.165) is 12.0 Å².